The van der Waals surface area contributed by atoms with Crippen LogP contribution in [0.15, 0.2) is 41.2 Å². The molecule has 1 aliphatic carbocycles. The Morgan fingerprint density at radius 1 is 1.18 bits per heavy atom. The molecule has 5 rings (SSSR count). The maximum absolute atomic E-state index is 14.6. The Hall–Kier alpha value is -3.19. The number of rotatable bonds is 10. The number of nitrogens with one attached hydrogen (secondary N) is 1. The first-order chi connectivity index (χ1) is 22.7. The fourth-order valence-corrected chi connectivity index (χ4v) is 7.75. The summed E-state index contributed by atoms with van der Waals surface area (Å²) in [7, 11) is -3.80. The minimum atomic E-state index is -4.93. The Morgan fingerprint density at radius 2 is 1.89 bits per heavy atom. The van der Waals surface area contributed by atoms with Crippen molar-refractivity contribution in [2.24, 2.45) is 0 Å². The molecule has 2 aromatic rings. The summed E-state index contributed by atoms with van der Waals surface area (Å²) in [6, 6.07) is 2.53. The van der Waals surface area contributed by atoms with E-state index in [1.165, 1.54) is 6.07 Å². The van der Waals surface area contributed by atoms with Crippen LogP contribution in [0.1, 0.15) is 73.4 Å². The molecule has 11 nitrogen and oxygen atoms in total. The summed E-state index contributed by atoms with van der Waals surface area (Å²) >= 11 is 0. The number of benzene rings is 2. The molecule has 45 heavy (non-hydrogen) atoms. The van der Waals surface area contributed by atoms with E-state index in [1.807, 2.05) is 6.92 Å². The zero-order valence-corrected chi connectivity index (χ0v) is 27.5. The third-order valence-electron chi connectivity index (χ3n) is 8.42. The first-order valence-electron chi connectivity index (χ1n) is 16.9. The Kier molecular flexibility index (Phi) is 8.62. The molecular weight excluding hydrogens is 598 g/mol. The van der Waals surface area contributed by atoms with Crippen LogP contribution in [0.5, 0.6) is 11.5 Å². The van der Waals surface area contributed by atoms with E-state index in [2.05, 4.69) is 10.2 Å². The molecule has 0 unspecified atom stereocenters. The third kappa shape index (κ3) is 6.84. The lowest BCUT2D eigenvalue weighted by atomic mass is 9.69. The molecule has 0 bridgehead atoms. The van der Waals surface area contributed by atoms with Crippen molar-refractivity contribution in [3.05, 3.63) is 47.5 Å². The maximum Gasteiger partial charge on any atom is 0.274 e. The molecule has 2 aliphatic heterocycles. The molecule has 2 fully saturated rings. The van der Waals surface area contributed by atoms with Crippen molar-refractivity contribution in [2.45, 2.75) is 75.3 Å². The van der Waals surface area contributed by atoms with Gasteiger partial charge in [0, 0.05) is 30.7 Å². The lowest BCUT2D eigenvalue weighted by molar-refractivity contribution is -0.124. The Labute approximate surface area is 270 Å². The predicted octanol–water partition coefficient (Wildman–Crippen LogP) is 3.89. The minimum absolute atomic E-state index is 0.0999. The van der Waals surface area contributed by atoms with Gasteiger partial charge in [-0.2, -0.15) is 0 Å². The molecule has 0 atom stereocenters. The molecule has 1 N–H and O–H groups in total. The predicted molar refractivity (Wildman–Crippen MR) is 170 cm³/mol. The summed E-state index contributed by atoms with van der Waals surface area (Å²) in [4.78, 5) is 29.1. The standard InChI is InChI=1S/C33H45N3O8S/c1-6-43-25-8-9-27-26(22-25)33(13-11-24(12-14-33)44-20-17-35-15-18-42-19-16-35)31(38)36(27)45(39,40)29-10-7-23(21-28(29)41-5)30(37)34-32(2,3)4/h7-10,21-22,24H,6,11-20H2,1-5H3,(H,34,37)/i7D,10D,21D. The molecule has 1 saturated carbocycles. The van der Waals surface area contributed by atoms with Gasteiger partial charge in [-0.1, -0.05) is 0 Å². The van der Waals surface area contributed by atoms with Gasteiger partial charge in [0.1, 0.15) is 16.4 Å². The average Bonchev–Trinajstić information content (AvgIpc) is 3.26. The summed E-state index contributed by atoms with van der Waals surface area (Å²) < 4.78 is 78.6. The van der Waals surface area contributed by atoms with Gasteiger partial charge in [-0.25, -0.2) is 12.7 Å². The average molecular weight is 647 g/mol. The highest BCUT2D eigenvalue weighted by molar-refractivity contribution is 7.93. The monoisotopic (exact) mass is 646 g/mol. The van der Waals surface area contributed by atoms with E-state index in [4.69, 9.17) is 23.1 Å². The smallest absolute Gasteiger partial charge is 0.274 e. The number of anilines is 1. The van der Waals surface area contributed by atoms with Crippen LogP contribution in [0, 0.1) is 0 Å². The molecule has 1 spiro atoms. The molecule has 1 saturated heterocycles. The van der Waals surface area contributed by atoms with Gasteiger partial charge in [0.25, 0.3) is 21.8 Å². The van der Waals surface area contributed by atoms with Gasteiger partial charge in [0.15, 0.2) is 0 Å². The van der Waals surface area contributed by atoms with Crippen molar-refractivity contribution < 1.29 is 41.1 Å². The van der Waals surface area contributed by atoms with E-state index in [-0.39, 0.29) is 11.8 Å². The van der Waals surface area contributed by atoms with Gasteiger partial charge in [-0.3, -0.25) is 14.5 Å². The number of amides is 2. The van der Waals surface area contributed by atoms with E-state index >= 15 is 0 Å². The molecule has 0 radical (unpaired) electrons. The van der Waals surface area contributed by atoms with Crippen LogP contribution in [0.2, 0.25) is 0 Å². The maximum atomic E-state index is 14.6. The topological polar surface area (TPSA) is 124 Å². The molecule has 246 valence electrons. The normalized spacial score (nSPS) is 23.3. The van der Waals surface area contributed by atoms with Gasteiger partial charge in [-0.15, -0.1) is 0 Å². The van der Waals surface area contributed by atoms with E-state index in [1.54, 1.807) is 32.9 Å². The second kappa shape index (κ2) is 13.3. The van der Waals surface area contributed by atoms with E-state index in [0.29, 0.717) is 67.7 Å². The molecule has 2 heterocycles. The summed E-state index contributed by atoms with van der Waals surface area (Å²) in [5.74, 6) is -1.61. The van der Waals surface area contributed by atoms with Crippen molar-refractivity contribution in [2.75, 3.05) is 57.5 Å². The molecule has 0 aromatic heterocycles. The van der Waals surface area contributed by atoms with Crippen LogP contribution in [0.4, 0.5) is 5.69 Å². The number of hydrogen-bond donors (Lipinski definition) is 1. The highest BCUT2D eigenvalue weighted by Crippen LogP contribution is 2.53. The minimum Gasteiger partial charge on any atom is -0.495 e. The SMILES string of the molecule is [2H]c1c([2H])c(S(=O)(=O)N2C(=O)C3(CCC(OCCN4CCOCC4)CC3)c3cc(OCC)ccc32)c(OC)c([2H])c1C(=O)NC(C)(C)C. The summed E-state index contributed by atoms with van der Waals surface area (Å²) in [5, 5.41) is 2.65. The summed E-state index contributed by atoms with van der Waals surface area (Å²) in [6.45, 7) is 11.8. The first kappa shape index (κ1) is 29.2. The van der Waals surface area contributed by atoms with Gasteiger partial charge in [0.2, 0.25) is 0 Å². The fourth-order valence-electron chi connectivity index (χ4n) is 6.21. The number of carbonyl (C=O) groups is 2. The van der Waals surface area contributed by atoms with Crippen LogP contribution in [0.25, 0.3) is 0 Å². The lowest BCUT2D eigenvalue weighted by Crippen LogP contribution is -2.46. The first-order valence-corrected chi connectivity index (χ1v) is 16.9. The van der Waals surface area contributed by atoms with E-state index < -0.39 is 67.1 Å². The molecule has 3 aliphatic rings. The fraction of sp³-hybridized carbons (Fsp3) is 0.576. The largest absolute Gasteiger partial charge is 0.495 e. The number of morpholine rings is 1. The number of methoxy groups -OCH3 is 1. The zero-order chi connectivity index (χ0) is 35.0. The van der Waals surface area contributed by atoms with Crippen LogP contribution in [-0.2, 0) is 29.7 Å². The number of hydrogen-bond acceptors (Lipinski definition) is 9. The number of sulfonamides is 1. The zero-order valence-electron chi connectivity index (χ0n) is 29.7. The van der Waals surface area contributed by atoms with Crippen molar-refractivity contribution >= 4 is 27.5 Å². The quantitative estimate of drug-likeness (QED) is 0.410. The molecular formula is C33H45N3O8S. The van der Waals surface area contributed by atoms with E-state index in [0.717, 1.165) is 26.7 Å². The van der Waals surface area contributed by atoms with Crippen LogP contribution in [0.3, 0.4) is 0 Å². The number of carbonyl (C=O) groups excluding carboxylic acids is 2. The number of ether oxygens (including phenoxy) is 4. The van der Waals surface area contributed by atoms with Gasteiger partial charge < -0.3 is 24.3 Å². The van der Waals surface area contributed by atoms with Crippen molar-refractivity contribution in [3.63, 3.8) is 0 Å². The van der Waals surface area contributed by atoms with Gasteiger partial charge >= 0.3 is 0 Å². The number of nitrogens with zero attached hydrogens (tertiary/aromatic N) is 2. The van der Waals surface area contributed by atoms with Crippen LogP contribution < -0.4 is 19.1 Å². The summed E-state index contributed by atoms with van der Waals surface area (Å²) in [5.41, 5.74) is -1.82. The summed E-state index contributed by atoms with van der Waals surface area (Å²) in [6.07, 6.45) is 1.61. The third-order valence-corrected chi connectivity index (χ3v) is 10.1. The molecule has 2 aromatic carbocycles. The van der Waals surface area contributed by atoms with Crippen molar-refractivity contribution in [1.29, 1.82) is 0 Å². The number of fused-ring (bicyclic) bond motifs is 2. The highest BCUT2D eigenvalue weighted by atomic mass is 32.2. The second-order valence-corrected chi connectivity index (χ2v) is 14.3. The lowest BCUT2D eigenvalue weighted by Gasteiger charge is -2.36. The Morgan fingerprint density at radius 3 is 2.53 bits per heavy atom. The van der Waals surface area contributed by atoms with Gasteiger partial charge in [0.05, 0.1) is 54.9 Å². The molecule has 2 amide bonds. The van der Waals surface area contributed by atoms with Crippen molar-refractivity contribution in [1.82, 2.24) is 10.2 Å². The van der Waals surface area contributed by atoms with E-state index in [9.17, 15) is 18.0 Å². The second-order valence-electron chi connectivity index (χ2n) is 12.6. The molecule has 12 heteroatoms. The van der Waals surface area contributed by atoms with Crippen LogP contribution >= 0.6 is 0 Å². The highest BCUT2D eigenvalue weighted by Gasteiger charge is 2.56. The Balaban J connectivity index is 1.50. The van der Waals surface area contributed by atoms with Crippen molar-refractivity contribution in [3.8, 4) is 11.5 Å². The van der Waals surface area contributed by atoms with Gasteiger partial charge in [-0.05, 0) is 95.3 Å². The Bertz CT molecular complexity index is 1670. The van der Waals surface area contributed by atoms with Crippen LogP contribution in [-0.4, -0.2) is 89.9 Å².